The zero-order valence-electron chi connectivity index (χ0n) is 12.6. The van der Waals surface area contributed by atoms with Gasteiger partial charge in [-0.3, -0.25) is 4.79 Å². The maximum Gasteiger partial charge on any atom is 0.407 e. The average Bonchev–Trinajstić information content (AvgIpc) is 2.39. The second kappa shape index (κ2) is 7.47. The van der Waals surface area contributed by atoms with Gasteiger partial charge in [0.1, 0.15) is 6.61 Å². The van der Waals surface area contributed by atoms with Crippen molar-refractivity contribution in [1.29, 1.82) is 0 Å². The molecule has 114 valence electrons. The fraction of sp³-hybridized carbons (Fsp3) is 0.375. The highest BCUT2D eigenvalue weighted by molar-refractivity contribution is 5.72. The summed E-state index contributed by atoms with van der Waals surface area (Å²) in [5, 5.41) is 11.6. The molecule has 1 unspecified atom stereocenters. The van der Waals surface area contributed by atoms with E-state index in [9.17, 15) is 9.59 Å². The van der Waals surface area contributed by atoms with E-state index in [0.29, 0.717) is 0 Å². The lowest BCUT2D eigenvalue weighted by Gasteiger charge is -2.20. The van der Waals surface area contributed by atoms with Crippen LogP contribution in [0.4, 0.5) is 4.79 Å². The van der Waals surface area contributed by atoms with E-state index in [-0.39, 0.29) is 13.0 Å². The van der Waals surface area contributed by atoms with Crippen molar-refractivity contribution in [2.45, 2.75) is 33.2 Å². The van der Waals surface area contributed by atoms with Gasteiger partial charge in [-0.05, 0) is 43.0 Å². The minimum Gasteiger partial charge on any atom is -0.481 e. The van der Waals surface area contributed by atoms with Crippen molar-refractivity contribution in [2.24, 2.45) is 0 Å². The van der Waals surface area contributed by atoms with Gasteiger partial charge in [-0.1, -0.05) is 24.8 Å². The molecule has 0 radical (unpaired) electrons. The first-order valence-corrected chi connectivity index (χ1v) is 6.69. The zero-order valence-corrected chi connectivity index (χ0v) is 12.6. The Morgan fingerprint density at radius 3 is 2.48 bits per heavy atom. The Kier molecular flexibility index (Phi) is 5.96. The van der Waals surface area contributed by atoms with E-state index in [1.807, 2.05) is 32.9 Å². The minimum atomic E-state index is -0.985. The summed E-state index contributed by atoms with van der Waals surface area (Å²) in [5.74, 6) is -0.985. The third-order valence-corrected chi connectivity index (χ3v) is 3.26. The number of alkyl carbamates (subject to hydrolysis) is 1. The molecule has 0 aliphatic carbocycles. The molecule has 0 spiro atoms. The van der Waals surface area contributed by atoms with Crippen LogP contribution in [-0.4, -0.2) is 23.8 Å². The summed E-state index contributed by atoms with van der Waals surface area (Å²) in [6, 6.07) is 3.27. The lowest BCUT2D eigenvalue weighted by atomic mass is 9.94. The molecule has 0 fully saturated rings. The van der Waals surface area contributed by atoms with E-state index in [1.165, 1.54) is 6.08 Å². The molecule has 2 N–H and O–H groups in total. The van der Waals surface area contributed by atoms with Crippen LogP contribution in [0.3, 0.4) is 0 Å². The predicted octanol–water partition coefficient (Wildman–Crippen LogP) is 3.04. The van der Waals surface area contributed by atoms with Crippen molar-refractivity contribution in [3.05, 3.63) is 47.0 Å². The summed E-state index contributed by atoms with van der Waals surface area (Å²) < 4.78 is 4.86. The number of aliphatic carboxylic acids is 1. The maximum absolute atomic E-state index is 11.7. The second-order valence-corrected chi connectivity index (χ2v) is 4.97. The Morgan fingerprint density at radius 1 is 1.29 bits per heavy atom. The predicted molar refractivity (Wildman–Crippen MR) is 80.3 cm³/mol. The molecule has 0 aliphatic heterocycles. The highest BCUT2D eigenvalue weighted by Crippen LogP contribution is 2.24. The molecule has 5 nitrogen and oxygen atoms in total. The lowest BCUT2D eigenvalue weighted by Crippen LogP contribution is -2.31. The highest BCUT2D eigenvalue weighted by atomic mass is 16.5. The van der Waals surface area contributed by atoms with E-state index in [1.54, 1.807) is 0 Å². The molecule has 1 aromatic carbocycles. The van der Waals surface area contributed by atoms with Crippen LogP contribution in [0.25, 0.3) is 0 Å². The van der Waals surface area contributed by atoms with Gasteiger partial charge in [-0.2, -0.15) is 0 Å². The molecular weight excluding hydrogens is 270 g/mol. The van der Waals surface area contributed by atoms with Crippen LogP contribution in [0.15, 0.2) is 24.8 Å². The number of aryl methyl sites for hydroxylation is 3. The van der Waals surface area contributed by atoms with Crippen LogP contribution >= 0.6 is 0 Å². The van der Waals surface area contributed by atoms with Crippen molar-refractivity contribution in [3.63, 3.8) is 0 Å². The van der Waals surface area contributed by atoms with E-state index < -0.39 is 18.1 Å². The second-order valence-electron chi connectivity index (χ2n) is 4.97. The Labute approximate surface area is 124 Å². The van der Waals surface area contributed by atoms with Gasteiger partial charge in [-0.15, -0.1) is 0 Å². The number of hydrogen-bond acceptors (Lipinski definition) is 3. The third-order valence-electron chi connectivity index (χ3n) is 3.26. The summed E-state index contributed by atoms with van der Waals surface area (Å²) >= 11 is 0. The molecule has 0 saturated heterocycles. The maximum atomic E-state index is 11.7. The van der Waals surface area contributed by atoms with Gasteiger partial charge in [-0.25, -0.2) is 4.79 Å². The van der Waals surface area contributed by atoms with Crippen molar-refractivity contribution < 1.29 is 19.4 Å². The van der Waals surface area contributed by atoms with Gasteiger partial charge >= 0.3 is 12.1 Å². The van der Waals surface area contributed by atoms with E-state index in [2.05, 4.69) is 11.9 Å². The number of amides is 1. The summed E-state index contributed by atoms with van der Waals surface area (Å²) in [7, 11) is 0. The average molecular weight is 291 g/mol. The monoisotopic (exact) mass is 291 g/mol. The van der Waals surface area contributed by atoms with Crippen molar-refractivity contribution >= 4 is 12.1 Å². The topological polar surface area (TPSA) is 75.6 Å². The zero-order chi connectivity index (χ0) is 16.0. The molecular formula is C16H21NO4. The van der Waals surface area contributed by atoms with Gasteiger partial charge in [0.2, 0.25) is 0 Å². The van der Waals surface area contributed by atoms with Crippen LogP contribution < -0.4 is 5.32 Å². The molecule has 1 atom stereocenters. The Hall–Kier alpha value is -2.30. The molecule has 1 rings (SSSR count). The van der Waals surface area contributed by atoms with Gasteiger partial charge in [0.15, 0.2) is 0 Å². The van der Waals surface area contributed by atoms with Crippen LogP contribution in [0, 0.1) is 20.8 Å². The van der Waals surface area contributed by atoms with E-state index >= 15 is 0 Å². The number of rotatable bonds is 6. The number of hydrogen-bond donors (Lipinski definition) is 2. The fourth-order valence-electron chi connectivity index (χ4n) is 2.09. The van der Waals surface area contributed by atoms with Crippen LogP contribution in [-0.2, 0) is 9.53 Å². The van der Waals surface area contributed by atoms with Gasteiger partial charge in [0.05, 0.1) is 12.5 Å². The SMILES string of the molecule is C=CCOC(=O)NC(CC(=O)O)c1cc(C)c(C)cc1C. The molecule has 5 heteroatoms. The molecule has 0 heterocycles. The fourth-order valence-corrected chi connectivity index (χ4v) is 2.09. The lowest BCUT2D eigenvalue weighted by molar-refractivity contribution is -0.137. The van der Waals surface area contributed by atoms with Crippen molar-refractivity contribution in [2.75, 3.05) is 6.61 Å². The van der Waals surface area contributed by atoms with Crippen LogP contribution in [0.1, 0.15) is 34.7 Å². The smallest absolute Gasteiger partial charge is 0.407 e. The van der Waals surface area contributed by atoms with Gasteiger partial charge < -0.3 is 15.2 Å². The highest BCUT2D eigenvalue weighted by Gasteiger charge is 2.21. The van der Waals surface area contributed by atoms with Crippen LogP contribution in [0.2, 0.25) is 0 Å². The van der Waals surface area contributed by atoms with E-state index in [0.717, 1.165) is 22.3 Å². The molecule has 0 saturated carbocycles. The number of carbonyl (C=O) groups is 2. The normalized spacial score (nSPS) is 11.6. The molecule has 1 amide bonds. The van der Waals surface area contributed by atoms with Crippen molar-refractivity contribution in [1.82, 2.24) is 5.32 Å². The molecule has 0 bridgehead atoms. The molecule has 21 heavy (non-hydrogen) atoms. The minimum absolute atomic E-state index is 0.0809. The number of nitrogens with one attached hydrogen (secondary N) is 1. The molecule has 1 aromatic rings. The summed E-state index contributed by atoms with van der Waals surface area (Å²) in [6.45, 7) is 9.37. The van der Waals surface area contributed by atoms with Crippen LogP contribution in [0.5, 0.6) is 0 Å². The van der Waals surface area contributed by atoms with Gasteiger partial charge in [0.25, 0.3) is 0 Å². The standard InChI is InChI=1S/C16H21NO4/c1-5-6-21-16(20)17-14(9-15(18)19)13-8-11(3)10(2)7-12(13)4/h5,7-8,14H,1,6,9H2,2-4H3,(H,17,20)(H,18,19). The first-order valence-electron chi connectivity index (χ1n) is 6.69. The summed E-state index contributed by atoms with van der Waals surface area (Å²) in [5.41, 5.74) is 3.90. The number of ether oxygens (including phenoxy) is 1. The largest absolute Gasteiger partial charge is 0.481 e. The molecule has 0 aromatic heterocycles. The summed E-state index contributed by atoms with van der Waals surface area (Å²) in [4.78, 5) is 22.7. The number of carboxylic acids is 1. The first-order chi connectivity index (χ1) is 9.85. The quantitative estimate of drug-likeness (QED) is 0.790. The van der Waals surface area contributed by atoms with Crippen molar-refractivity contribution in [3.8, 4) is 0 Å². The first kappa shape index (κ1) is 16.8. The Morgan fingerprint density at radius 2 is 1.90 bits per heavy atom. The number of carboxylic acid groups (broad SMARTS) is 1. The van der Waals surface area contributed by atoms with Gasteiger partial charge in [0, 0.05) is 0 Å². The Balaban J connectivity index is 3.02. The number of benzene rings is 1. The van der Waals surface area contributed by atoms with E-state index in [4.69, 9.17) is 9.84 Å². The third kappa shape index (κ3) is 4.95. The Bertz CT molecular complexity index is 551. The molecule has 0 aliphatic rings. The summed E-state index contributed by atoms with van der Waals surface area (Å²) in [6.07, 6.45) is 0.596. The number of carbonyl (C=O) groups excluding carboxylic acids is 1.